The number of ether oxygens (including phenoxy) is 1. The molecule has 4 atom stereocenters. The zero-order chi connectivity index (χ0) is 25.7. The van der Waals surface area contributed by atoms with Crippen molar-refractivity contribution in [2.75, 3.05) is 13.1 Å². The molecule has 3 N–H and O–H groups in total. The van der Waals surface area contributed by atoms with Crippen LogP contribution in [0.2, 0.25) is 0 Å². The number of alkyl halides is 3. The molecule has 11 heteroatoms. The molecule has 4 aromatic rings. The number of rotatable bonds is 5. The third-order valence-electron chi connectivity index (χ3n) is 7.27. The fraction of sp³-hybridized carbons (Fsp3) is 0.423. The maximum Gasteiger partial charge on any atom is 0.408 e. The van der Waals surface area contributed by atoms with Gasteiger partial charge in [0, 0.05) is 36.8 Å². The molecule has 0 amide bonds. The molecule has 3 aromatic heterocycles. The highest BCUT2D eigenvalue weighted by Crippen LogP contribution is 2.39. The number of hydrogen-bond donors (Lipinski definition) is 2. The fourth-order valence-electron chi connectivity index (χ4n) is 5.41. The van der Waals surface area contributed by atoms with Gasteiger partial charge in [0.05, 0.1) is 11.6 Å². The highest BCUT2D eigenvalue weighted by molar-refractivity contribution is 5.82. The van der Waals surface area contributed by atoms with Crippen molar-refractivity contribution in [1.82, 2.24) is 24.5 Å². The summed E-state index contributed by atoms with van der Waals surface area (Å²) in [7, 11) is 0. The number of nitrogens with zero attached hydrogens (tertiary/aromatic N) is 5. The first-order valence-electron chi connectivity index (χ1n) is 12.4. The van der Waals surface area contributed by atoms with E-state index in [4.69, 9.17) is 15.5 Å². The van der Waals surface area contributed by atoms with E-state index >= 15 is 0 Å². The monoisotopic (exact) mass is 512 g/mol. The number of pyridine rings is 2. The van der Waals surface area contributed by atoms with Crippen LogP contribution in [0, 0.1) is 0 Å². The van der Waals surface area contributed by atoms with Crippen molar-refractivity contribution in [3.8, 4) is 17.3 Å². The number of fused-ring (bicyclic) bond motifs is 2. The molecule has 2 fully saturated rings. The molecule has 8 nitrogen and oxygen atoms in total. The molecule has 0 unspecified atom stereocenters. The lowest BCUT2D eigenvalue weighted by atomic mass is 10.1. The van der Waals surface area contributed by atoms with Crippen molar-refractivity contribution in [2.24, 2.45) is 5.73 Å². The Balaban J connectivity index is 1.36. The molecule has 1 aliphatic heterocycles. The van der Waals surface area contributed by atoms with E-state index in [2.05, 4.69) is 10.2 Å². The smallest absolute Gasteiger partial charge is 0.408 e. The van der Waals surface area contributed by atoms with E-state index in [1.54, 1.807) is 22.6 Å². The highest BCUT2D eigenvalue weighted by Gasteiger charge is 2.46. The summed E-state index contributed by atoms with van der Waals surface area (Å²) in [6, 6.07) is 10.1. The molecule has 37 heavy (non-hydrogen) atoms. The predicted molar refractivity (Wildman–Crippen MR) is 131 cm³/mol. The number of aliphatic hydroxyl groups excluding tert-OH is 1. The van der Waals surface area contributed by atoms with Crippen molar-refractivity contribution in [1.29, 1.82) is 0 Å². The van der Waals surface area contributed by atoms with Gasteiger partial charge in [-0.2, -0.15) is 13.2 Å². The third-order valence-corrected chi connectivity index (χ3v) is 7.27. The summed E-state index contributed by atoms with van der Waals surface area (Å²) in [5.41, 5.74) is 7.55. The molecule has 4 heterocycles. The number of aliphatic hydroxyl groups is 1. The molecule has 1 aliphatic carbocycles. The molecule has 1 saturated heterocycles. The standard InChI is InChI=1S/C26H27F3N6O2/c27-26(28,29)24(34-11-10-17(30)14-34)16-6-9-23-32-33-25(35(23)13-16)19-8-5-15-4-7-18(12-20(15)31-19)37-22-3-1-2-21(22)36/h4-9,12-13,17,21-22,24,36H,1-3,10-11,14,30H2/t17-,21+,22+,24+/m0/s1. The first-order chi connectivity index (χ1) is 17.8. The Morgan fingerprint density at radius 2 is 1.89 bits per heavy atom. The van der Waals surface area contributed by atoms with Crippen LogP contribution in [0.4, 0.5) is 13.2 Å². The second-order valence-electron chi connectivity index (χ2n) is 9.91. The normalized spacial score (nSPS) is 23.8. The summed E-state index contributed by atoms with van der Waals surface area (Å²) in [5, 5.41) is 19.3. The molecular weight excluding hydrogens is 485 g/mol. The van der Waals surface area contributed by atoms with Crippen LogP contribution in [-0.4, -0.2) is 67.1 Å². The second kappa shape index (κ2) is 9.23. The van der Waals surface area contributed by atoms with Crippen LogP contribution < -0.4 is 10.5 Å². The van der Waals surface area contributed by atoms with Gasteiger partial charge in [0.25, 0.3) is 0 Å². The first-order valence-corrected chi connectivity index (χ1v) is 12.4. The van der Waals surface area contributed by atoms with Gasteiger partial charge in [-0.25, -0.2) is 4.98 Å². The summed E-state index contributed by atoms with van der Waals surface area (Å²) in [6.45, 7) is 0.471. The Kier molecular flexibility index (Phi) is 6.01. The van der Waals surface area contributed by atoms with Gasteiger partial charge < -0.3 is 15.6 Å². The van der Waals surface area contributed by atoms with E-state index in [0.717, 1.165) is 24.6 Å². The molecule has 0 radical (unpaired) electrons. The van der Waals surface area contributed by atoms with Crippen molar-refractivity contribution in [2.45, 2.75) is 56.2 Å². The van der Waals surface area contributed by atoms with Gasteiger partial charge in [-0.15, -0.1) is 10.2 Å². The topological polar surface area (TPSA) is 102 Å². The maximum absolute atomic E-state index is 14.2. The lowest BCUT2D eigenvalue weighted by molar-refractivity contribution is -0.183. The number of aromatic nitrogens is 4. The Hall–Kier alpha value is -3.28. The van der Waals surface area contributed by atoms with E-state index in [9.17, 15) is 18.3 Å². The van der Waals surface area contributed by atoms with Crippen molar-refractivity contribution >= 4 is 16.6 Å². The Morgan fingerprint density at radius 3 is 2.62 bits per heavy atom. The van der Waals surface area contributed by atoms with Crippen molar-refractivity contribution in [3.05, 3.63) is 54.2 Å². The molecule has 1 saturated carbocycles. The number of likely N-dealkylation sites (tertiary alicyclic amines) is 1. The van der Waals surface area contributed by atoms with Crippen LogP contribution >= 0.6 is 0 Å². The molecule has 6 rings (SSSR count). The summed E-state index contributed by atoms with van der Waals surface area (Å²) < 4.78 is 50.0. The van der Waals surface area contributed by atoms with E-state index in [0.29, 0.717) is 34.9 Å². The minimum Gasteiger partial charge on any atom is -0.488 e. The predicted octanol–water partition coefficient (Wildman–Crippen LogP) is 3.87. The van der Waals surface area contributed by atoms with Crippen molar-refractivity contribution in [3.63, 3.8) is 0 Å². The van der Waals surface area contributed by atoms with Crippen LogP contribution in [0.25, 0.3) is 28.1 Å². The van der Waals surface area contributed by atoms with Crippen LogP contribution in [0.5, 0.6) is 5.75 Å². The molecule has 194 valence electrons. The Labute approximate surface area is 210 Å². The molecular formula is C26H27F3N6O2. The summed E-state index contributed by atoms with van der Waals surface area (Å²) in [6.07, 6.45) is -0.779. The zero-order valence-electron chi connectivity index (χ0n) is 20.0. The number of halogens is 3. The molecule has 0 spiro atoms. The molecule has 2 aliphatic rings. The van der Waals surface area contributed by atoms with Gasteiger partial charge in [0.2, 0.25) is 0 Å². The zero-order valence-corrected chi connectivity index (χ0v) is 20.0. The minimum atomic E-state index is -4.46. The van der Waals surface area contributed by atoms with Gasteiger partial charge in [-0.05, 0) is 55.5 Å². The van der Waals surface area contributed by atoms with Gasteiger partial charge >= 0.3 is 6.18 Å². The maximum atomic E-state index is 14.2. The second-order valence-corrected chi connectivity index (χ2v) is 9.91. The van der Waals surface area contributed by atoms with E-state index in [1.165, 1.54) is 17.2 Å². The van der Waals surface area contributed by atoms with Gasteiger partial charge in [0.15, 0.2) is 11.5 Å². The molecule has 0 bridgehead atoms. The average Bonchev–Trinajstić information content (AvgIpc) is 3.58. The van der Waals surface area contributed by atoms with Crippen LogP contribution in [0.15, 0.2) is 48.7 Å². The lowest BCUT2D eigenvalue weighted by Gasteiger charge is -2.30. The number of nitrogens with two attached hydrogens (primary N) is 1. The van der Waals surface area contributed by atoms with Gasteiger partial charge in [0.1, 0.15) is 23.6 Å². The third kappa shape index (κ3) is 4.62. The summed E-state index contributed by atoms with van der Waals surface area (Å²) in [4.78, 5) is 6.10. The van der Waals surface area contributed by atoms with Crippen molar-refractivity contribution < 1.29 is 23.0 Å². The summed E-state index contributed by atoms with van der Waals surface area (Å²) >= 11 is 0. The summed E-state index contributed by atoms with van der Waals surface area (Å²) in [5.74, 6) is 0.948. The quantitative estimate of drug-likeness (QED) is 0.419. The first kappa shape index (κ1) is 24.1. The van der Waals surface area contributed by atoms with Crippen LogP contribution in [0.3, 0.4) is 0 Å². The minimum absolute atomic E-state index is 0.0988. The number of hydrogen-bond acceptors (Lipinski definition) is 7. The SMILES string of the molecule is N[C@H]1CCN([C@H](c2ccc3nnc(-c4ccc5ccc(O[C@@H]6CCC[C@H]6O)cc5n4)n3c2)C(F)(F)F)C1. The van der Waals surface area contributed by atoms with Crippen LogP contribution in [-0.2, 0) is 0 Å². The van der Waals surface area contributed by atoms with Gasteiger partial charge in [-0.3, -0.25) is 9.30 Å². The Morgan fingerprint density at radius 1 is 1.05 bits per heavy atom. The highest BCUT2D eigenvalue weighted by atomic mass is 19.4. The van der Waals surface area contributed by atoms with Gasteiger partial charge in [-0.1, -0.05) is 12.1 Å². The molecule has 1 aromatic carbocycles. The van der Waals surface area contributed by atoms with E-state index in [-0.39, 0.29) is 30.8 Å². The largest absolute Gasteiger partial charge is 0.488 e. The average molecular weight is 513 g/mol. The number of benzene rings is 1. The van der Waals surface area contributed by atoms with Crippen LogP contribution in [0.1, 0.15) is 37.3 Å². The van der Waals surface area contributed by atoms with E-state index < -0.39 is 18.3 Å². The van der Waals surface area contributed by atoms with E-state index in [1.807, 2.05) is 18.2 Å². The Bertz CT molecular complexity index is 1440. The fourth-order valence-corrected chi connectivity index (χ4v) is 5.41. The lowest BCUT2D eigenvalue weighted by Crippen LogP contribution is -2.38.